The van der Waals surface area contributed by atoms with Gasteiger partial charge in [0.15, 0.2) is 0 Å². The zero-order valence-corrected chi connectivity index (χ0v) is 12.5. The molecular formula is C13H22BrN3. The molecule has 0 amide bonds. The van der Waals surface area contributed by atoms with E-state index in [0.717, 1.165) is 10.4 Å². The van der Waals surface area contributed by atoms with Crippen LogP contribution in [-0.2, 0) is 0 Å². The third kappa shape index (κ3) is 2.58. The number of nitrogens with one attached hydrogen (secondary N) is 1. The van der Waals surface area contributed by atoms with Crippen molar-refractivity contribution in [2.45, 2.75) is 51.6 Å². The van der Waals surface area contributed by atoms with Gasteiger partial charge >= 0.3 is 0 Å². The molecule has 1 aliphatic carbocycles. The summed E-state index contributed by atoms with van der Waals surface area (Å²) >= 11 is 3.65. The molecule has 96 valence electrons. The average Bonchev–Trinajstić information content (AvgIpc) is 2.91. The van der Waals surface area contributed by atoms with E-state index >= 15 is 0 Å². The number of hydrogen-bond donors (Lipinski definition) is 1. The highest BCUT2D eigenvalue weighted by molar-refractivity contribution is 9.10. The van der Waals surface area contributed by atoms with E-state index in [9.17, 15) is 0 Å². The van der Waals surface area contributed by atoms with Gasteiger partial charge in [-0.15, -0.1) is 0 Å². The monoisotopic (exact) mass is 299 g/mol. The van der Waals surface area contributed by atoms with E-state index in [1.807, 2.05) is 6.20 Å². The summed E-state index contributed by atoms with van der Waals surface area (Å²) in [5, 5.41) is 7.98. The van der Waals surface area contributed by atoms with Gasteiger partial charge in [0.1, 0.15) is 0 Å². The molecule has 1 fully saturated rings. The minimum absolute atomic E-state index is 0.411. The lowest BCUT2D eigenvalue weighted by molar-refractivity contribution is 0.354. The van der Waals surface area contributed by atoms with E-state index in [1.165, 1.54) is 31.4 Å². The van der Waals surface area contributed by atoms with Crippen molar-refractivity contribution < 1.29 is 0 Å². The first-order valence-corrected chi connectivity index (χ1v) is 7.34. The maximum Gasteiger partial charge on any atom is 0.0701 e. The Morgan fingerprint density at radius 3 is 2.59 bits per heavy atom. The Balaban J connectivity index is 2.32. The van der Waals surface area contributed by atoms with E-state index in [1.54, 1.807) is 0 Å². The summed E-state index contributed by atoms with van der Waals surface area (Å²) in [6.45, 7) is 4.37. The first kappa shape index (κ1) is 13.1. The molecule has 1 aliphatic rings. The zero-order valence-electron chi connectivity index (χ0n) is 10.9. The molecule has 1 heterocycles. The lowest BCUT2D eigenvalue weighted by Gasteiger charge is -2.25. The molecule has 0 bridgehead atoms. The molecule has 0 spiro atoms. The highest BCUT2D eigenvalue weighted by Crippen LogP contribution is 2.38. The predicted octanol–water partition coefficient (Wildman–Crippen LogP) is 3.68. The largest absolute Gasteiger partial charge is 0.311 e. The Hall–Kier alpha value is -0.350. The molecule has 17 heavy (non-hydrogen) atoms. The van der Waals surface area contributed by atoms with Gasteiger partial charge in [-0.3, -0.25) is 4.68 Å². The van der Waals surface area contributed by atoms with Crippen LogP contribution in [0.5, 0.6) is 0 Å². The first-order valence-electron chi connectivity index (χ1n) is 6.55. The summed E-state index contributed by atoms with van der Waals surface area (Å²) in [6, 6.07) is 0.838. The molecule has 2 rings (SSSR count). The molecular weight excluding hydrogens is 278 g/mol. The Kier molecular flexibility index (Phi) is 4.26. The van der Waals surface area contributed by atoms with Crippen LogP contribution in [0.15, 0.2) is 10.7 Å². The summed E-state index contributed by atoms with van der Waals surface area (Å²) in [5.41, 5.74) is 1.31. The van der Waals surface area contributed by atoms with Gasteiger partial charge in [0, 0.05) is 6.04 Å². The van der Waals surface area contributed by atoms with Crippen LogP contribution in [0.4, 0.5) is 0 Å². The smallest absolute Gasteiger partial charge is 0.0701 e. The number of halogens is 1. The molecule has 0 aliphatic heterocycles. The average molecular weight is 300 g/mol. The SMILES string of the molecule is CNC(c1c(Br)cnn1C(C)C)C1CCCC1. The fourth-order valence-electron chi connectivity index (χ4n) is 2.94. The number of nitrogens with zero attached hydrogens (tertiary/aromatic N) is 2. The molecule has 1 unspecified atom stereocenters. The minimum Gasteiger partial charge on any atom is -0.311 e. The van der Waals surface area contributed by atoms with Gasteiger partial charge in [-0.05, 0) is 55.6 Å². The zero-order chi connectivity index (χ0) is 12.4. The Bertz CT molecular complexity index is 367. The molecule has 4 heteroatoms. The minimum atomic E-state index is 0.411. The highest BCUT2D eigenvalue weighted by atomic mass is 79.9. The van der Waals surface area contributed by atoms with Crippen molar-refractivity contribution >= 4 is 15.9 Å². The van der Waals surface area contributed by atoms with Gasteiger partial charge < -0.3 is 5.32 Å². The van der Waals surface area contributed by atoms with Gasteiger partial charge in [0.05, 0.1) is 22.4 Å². The third-order valence-corrected chi connectivity index (χ3v) is 4.36. The molecule has 1 N–H and O–H groups in total. The Morgan fingerprint density at radius 1 is 1.41 bits per heavy atom. The molecule has 0 radical (unpaired) electrons. The van der Waals surface area contributed by atoms with E-state index in [4.69, 9.17) is 0 Å². The van der Waals surface area contributed by atoms with Crippen LogP contribution in [0.1, 0.15) is 57.3 Å². The van der Waals surface area contributed by atoms with Crippen LogP contribution in [-0.4, -0.2) is 16.8 Å². The van der Waals surface area contributed by atoms with Crippen molar-refractivity contribution in [3.05, 3.63) is 16.4 Å². The van der Waals surface area contributed by atoms with Crippen LogP contribution in [0.25, 0.3) is 0 Å². The van der Waals surface area contributed by atoms with Gasteiger partial charge in [-0.1, -0.05) is 12.8 Å². The normalized spacial score (nSPS) is 19.1. The third-order valence-electron chi connectivity index (χ3n) is 3.75. The van der Waals surface area contributed by atoms with E-state index < -0.39 is 0 Å². The fraction of sp³-hybridized carbons (Fsp3) is 0.769. The molecule has 1 saturated carbocycles. The summed E-state index contributed by atoms with van der Waals surface area (Å²) in [7, 11) is 2.06. The molecule has 1 atom stereocenters. The predicted molar refractivity (Wildman–Crippen MR) is 74.1 cm³/mol. The quantitative estimate of drug-likeness (QED) is 0.919. The number of hydrogen-bond acceptors (Lipinski definition) is 2. The highest BCUT2D eigenvalue weighted by Gasteiger charge is 2.29. The van der Waals surface area contributed by atoms with Crippen molar-refractivity contribution in [1.82, 2.24) is 15.1 Å². The molecule has 0 aromatic carbocycles. The molecule has 3 nitrogen and oxygen atoms in total. The standard InChI is InChI=1S/C13H22BrN3/c1-9(2)17-13(11(14)8-16-17)12(15-3)10-6-4-5-7-10/h8-10,12,15H,4-7H2,1-3H3. The van der Waals surface area contributed by atoms with E-state index in [2.05, 4.69) is 51.9 Å². The van der Waals surface area contributed by atoms with Crippen molar-refractivity contribution in [1.29, 1.82) is 0 Å². The molecule has 0 saturated heterocycles. The van der Waals surface area contributed by atoms with Crippen molar-refractivity contribution in [2.24, 2.45) is 5.92 Å². The Labute approximate surface area is 112 Å². The van der Waals surface area contributed by atoms with Crippen LogP contribution in [0, 0.1) is 5.92 Å². The van der Waals surface area contributed by atoms with Gasteiger partial charge in [0.25, 0.3) is 0 Å². The lowest BCUT2D eigenvalue weighted by atomic mass is 9.95. The first-order chi connectivity index (χ1) is 8.15. The van der Waals surface area contributed by atoms with Crippen molar-refractivity contribution in [3.63, 3.8) is 0 Å². The van der Waals surface area contributed by atoms with Crippen LogP contribution < -0.4 is 5.32 Å². The lowest BCUT2D eigenvalue weighted by Crippen LogP contribution is -2.27. The fourth-order valence-corrected chi connectivity index (χ4v) is 3.46. The van der Waals surface area contributed by atoms with Crippen molar-refractivity contribution in [2.75, 3.05) is 7.05 Å². The van der Waals surface area contributed by atoms with Gasteiger partial charge in [-0.25, -0.2) is 0 Å². The van der Waals surface area contributed by atoms with Crippen LogP contribution in [0.2, 0.25) is 0 Å². The van der Waals surface area contributed by atoms with E-state index in [0.29, 0.717) is 12.1 Å². The Morgan fingerprint density at radius 2 is 2.06 bits per heavy atom. The second-order valence-electron chi connectivity index (χ2n) is 5.23. The topological polar surface area (TPSA) is 29.9 Å². The maximum atomic E-state index is 4.49. The van der Waals surface area contributed by atoms with Crippen molar-refractivity contribution in [3.8, 4) is 0 Å². The number of aromatic nitrogens is 2. The summed E-state index contributed by atoms with van der Waals surface area (Å²) in [5.74, 6) is 0.755. The molecule has 1 aromatic heterocycles. The van der Waals surface area contributed by atoms with E-state index in [-0.39, 0.29) is 0 Å². The summed E-state index contributed by atoms with van der Waals surface area (Å²) in [6.07, 6.45) is 7.34. The summed E-state index contributed by atoms with van der Waals surface area (Å²) in [4.78, 5) is 0. The second-order valence-corrected chi connectivity index (χ2v) is 6.08. The van der Waals surface area contributed by atoms with Gasteiger partial charge in [-0.2, -0.15) is 5.10 Å². The van der Waals surface area contributed by atoms with Crippen LogP contribution >= 0.6 is 15.9 Å². The second kappa shape index (κ2) is 5.53. The number of rotatable bonds is 4. The maximum absolute atomic E-state index is 4.49. The summed E-state index contributed by atoms with van der Waals surface area (Å²) < 4.78 is 3.28. The molecule has 1 aromatic rings. The van der Waals surface area contributed by atoms with Crippen LogP contribution in [0.3, 0.4) is 0 Å². The van der Waals surface area contributed by atoms with Gasteiger partial charge in [0.2, 0.25) is 0 Å².